The van der Waals surface area contributed by atoms with Gasteiger partial charge in [-0.25, -0.2) is 8.78 Å². The van der Waals surface area contributed by atoms with E-state index in [4.69, 9.17) is 5.73 Å². The molecule has 106 valence electrons. The third-order valence-electron chi connectivity index (χ3n) is 3.46. The molecule has 1 unspecified atom stereocenters. The number of halogens is 2. The Balaban J connectivity index is 2.09. The molecule has 3 heteroatoms. The smallest absolute Gasteiger partial charge is 0.129 e. The van der Waals surface area contributed by atoms with Crippen LogP contribution in [0.3, 0.4) is 0 Å². The van der Waals surface area contributed by atoms with Crippen LogP contribution in [0.2, 0.25) is 0 Å². The number of rotatable bonds is 5. The quantitative estimate of drug-likeness (QED) is 0.886. The number of aryl methyl sites for hydroxylation is 1. The summed E-state index contributed by atoms with van der Waals surface area (Å²) in [4.78, 5) is 0. The molecule has 2 N–H and O–H groups in total. The van der Waals surface area contributed by atoms with Gasteiger partial charge in [0.2, 0.25) is 0 Å². The fraction of sp³-hybridized carbons (Fsp3) is 0.294. The second-order valence-electron chi connectivity index (χ2n) is 5.23. The molecule has 2 aromatic carbocycles. The molecule has 1 atom stereocenters. The van der Waals surface area contributed by atoms with Gasteiger partial charge in [-0.1, -0.05) is 35.9 Å². The highest BCUT2D eigenvalue weighted by atomic mass is 19.1. The molecule has 0 bridgehead atoms. The lowest BCUT2D eigenvalue weighted by molar-refractivity contribution is 0.506. The first-order valence-corrected chi connectivity index (χ1v) is 6.78. The Morgan fingerprint density at radius 2 is 1.85 bits per heavy atom. The van der Waals surface area contributed by atoms with Crippen molar-refractivity contribution in [2.45, 2.75) is 19.8 Å². The number of hydrogen-bond acceptors (Lipinski definition) is 1. The third-order valence-corrected chi connectivity index (χ3v) is 3.46. The summed E-state index contributed by atoms with van der Waals surface area (Å²) >= 11 is 0. The van der Waals surface area contributed by atoms with Crippen LogP contribution in [0.5, 0.6) is 0 Å². The topological polar surface area (TPSA) is 26.0 Å². The normalized spacial score (nSPS) is 12.4. The van der Waals surface area contributed by atoms with Crippen molar-refractivity contribution < 1.29 is 8.78 Å². The molecular formula is C17H19F2N. The van der Waals surface area contributed by atoms with Gasteiger partial charge in [-0.15, -0.1) is 0 Å². The molecule has 0 saturated carbocycles. The molecule has 0 aliphatic rings. The average Bonchev–Trinajstić information content (AvgIpc) is 2.41. The van der Waals surface area contributed by atoms with Crippen molar-refractivity contribution in [2.75, 3.05) is 6.54 Å². The molecule has 20 heavy (non-hydrogen) atoms. The van der Waals surface area contributed by atoms with Gasteiger partial charge in [0.15, 0.2) is 0 Å². The van der Waals surface area contributed by atoms with Crippen LogP contribution < -0.4 is 5.73 Å². The van der Waals surface area contributed by atoms with Gasteiger partial charge < -0.3 is 5.73 Å². The Labute approximate surface area is 118 Å². The predicted octanol–water partition coefficient (Wildman–Crippen LogP) is 3.63. The zero-order chi connectivity index (χ0) is 14.5. The molecule has 2 rings (SSSR count). The molecule has 1 nitrogen and oxygen atoms in total. The minimum Gasteiger partial charge on any atom is -0.330 e. The zero-order valence-electron chi connectivity index (χ0n) is 11.6. The molecule has 0 amide bonds. The van der Waals surface area contributed by atoms with Gasteiger partial charge in [0, 0.05) is 6.07 Å². The van der Waals surface area contributed by atoms with E-state index in [0.717, 1.165) is 12.5 Å². The molecule has 0 fully saturated rings. The summed E-state index contributed by atoms with van der Waals surface area (Å²) in [5.74, 6) is -0.890. The van der Waals surface area contributed by atoms with Gasteiger partial charge in [0.05, 0.1) is 0 Å². The van der Waals surface area contributed by atoms with Crippen molar-refractivity contribution in [3.63, 3.8) is 0 Å². The SMILES string of the molecule is Cc1cccc(CC(CN)Cc2ccc(F)cc2F)c1. The molecule has 0 spiro atoms. The van der Waals surface area contributed by atoms with Gasteiger partial charge in [0.25, 0.3) is 0 Å². The number of nitrogens with two attached hydrogens (primary N) is 1. The highest BCUT2D eigenvalue weighted by Gasteiger charge is 2.12. The van der Waals surface area contributed by atoms with Crippen molar-refractivity contribution in [1.82, 2.24) is 0 Å². The van der Waals surface area contributed by atoms with E-state index in [1.54, 1.807) is 0 Å². The lowest BCUT2D eigenvalue weighted by Crippen LogP contribution is -2.20. The standard InChI is InChI=1S/C17H19F2N/c1-12-3-2-4-13(7-12)8-14(11-20)9-15-5-6-16(18)10-17(15)19/h2-7,10,14H,8-9,11,20H2,1H3. The van der Waals surface area contributed by atoms with E-state index in [-0.39, 0.29) is 5.92 Å². The molecule has 0 aromatic heterocycles. The second-order valence-corrected chi connectivity index (χ2v) is 5.23. The largest absolute Gasteiger partial charge is 0.330 e. The van der Waals surface area contributed by atoms with E-state index in [9.17, 15) is 8.78 Å². The Kier molecular flexibility index (Phi) is 4.85. The lowest BCUT2D eigenvalue weighted by atomic mass is 9.92. The third kappa shape index (κ3) is 3.87. The summed E-state index contributed by atoms with van der Waals surface area (Å²) < 4.78 is 26.6. The fourth-order valence-electron chi connectivity index (χ4n) is 2.41. The lowest BCUT2D eigenvalue weighted by Gasteiger charge is -2.16. The van der Waals surface area contributed by atoms with Crippen LogP contribution in [0, 0.1) is 24.5 Å². The van der Waals surface area contributed by atoms with Crippen LogP contribution in [0.15, 0.2) is 42.5 Å². The number of benzene rings is 2. The Morgan fingerprint density at radius 1 is 1.05 bits per heavy atom. The van der Waals surface area contributed by atoms with Crippen LogP contribution in [0.4, 0.5) is 8.78 Å². The average molecular weight is 275 g/mol. The minimum atomic E-state index is -0.547. The molecule has 0 aliphatic carbocycles. The van der Waals surface area contributed by atoms with Crippen molar-refractivity contribution in [2.24, 2.45) is 11.7 Å². The summed E-state index contributed by atoms with van der Waals surface area (Å²) in [7, 11) is 0. The summed E-state index contributed by atoms with van der Waals surface area (Å²) in [6.07, 6.45) is 1.32. The number of hydrogen-bond donors (Lipinski definition) is 1. The van der Waals surface area contributed by atoms with E-state index < -0.39 is 11.6 Å². The highest BCUT2D eigenvalue weighted by Crippen LogP contribution is 2.18. The summed E-state index contributed by atoms with van der Waals surface area (Å²) in [5, 5.41) is 0. The van der Waals surface area contributed by atoms with Crippen molar-refractivity contribution in [3.05, 3.63) is 70.8 Å². The van der Waals surface area contributed by atoms with Crippen LogP contribution in [-0.2, 0) is 12.8 Å². The first-order valence-electron chi connectivity index (χ1n) is 6.78. The first-order chi connectivity index (χ1) is 9.58. The monoisotopic (exact) mass is 275 g/mol. The van der Waals surface area contributed by atoms with Crippen LogP contribution in [0.25, 0.3) is 0 Å². The van der Waals surface area contributed by atoms with E-state index in [0.29, 0.717) is 18.5 Å². The van der Waals surface area contributed by atoms with Gasteiger partial charge in [-0.3, -0.25) is 0 Å². The van der Waals surface area contributed by atoms with Crippen LogP contribution in [0.1, 0.15) is 16.7 Å². The van der Waals surface area contributed by atoms with E-state index in [2.05, 4.69) is 12.1 Å². The Morgan fingerprint density at radius 3 is 2.50 bits per heavy atom. The maximum Gasteiger partial charge on any atom is 0.129 e. The Hall–Kier alpha value is -1.74. The van der Waals surface area contributed by atoms with Gasteiger partial charge in [-0.2, -0.15) is 0 Å². The molecule has 0 radical (unpaired) electrons. The minimum absolute atomic E-state index is 0.150. The predicted molar refractivity (Wildman–Crippen MR) is 77.5 cm³/mol. The molecule has 0 saturated heterocycles. The first kappa shape index (κ1) is 14.7. The van der Waals surface area contributed by atoms with Crippen molar-refractivity contribution in [3.8, 4) is 0 Å². The highest BCUT2D eigenvalue weighted by molar-refractivity contribution is 5.24. The fourth-order valence-corrected chi connectivity index (χ4v) is 2.41. The summed E-state index contributed by atoms with van der Waals surface area (Å²) in [6.45, 7) is 2.52. The zero-order valence-corrected chi connectivity index (χ0v) is 11.6. The van der Waals surface area contributed by atoms with Crippen LogP contribution in [-0.4, -0.2) is 6.54 Å². The second kappa shape index (κ2) is 6.62. The van der Waals surface area contributed by atoms with Crippen molar-refractivity contribution in [1.29, 1.82) is 0 Å². The molecular weight excluding hydrogens is 256 g/mol. The maximum absolute atomic E-state index is 13.7. The van der Waals surface area contributed by atoms with Gasteiger partial charge >= 0.3 is 0 Å². The van der Waals surface area contributed by atoms with Gasteiger partial charge in [-0.05, 0) is 49.4 Å². The maximum atomic E-state index is 13.7. The molecule has 0 heterocycles. The van der Waals surface area contributed by atoms with E-state index in [1.165, 1.54) is 23.3 Å². The van der Waals surface area contributed by atoms with Crippen molar-refractivity contribution >= 4 is 0 Å². The molecule has 2 aromatic rings. The molecule has 0 aliphatic heterocycles. The summed E-state index contributed by atoms with van der Waals surface area (Å²) in [5.41, 5.74) is 8.71. The van der Waals surface area contributed by atoms with E-state index in [1.807, 2.05) is 19.1 Å². The summed E-state index contributed by atoms with van der Waals surface area (Å²) in [6, 6.07) is 11.9. The van der Waals surface area contributed by atoms with E-state index >= 15 is 0 Å². The van der Waals surface area contributed by atoms with Crippen LogP contribution >= 0.6 is 0 Å². The van der Waals surface area contributed by atoms with Gasteiger partial charge in [0.1, 0.15) is 11.6 Å². The Bertz CT molecular complexity index is 581.